The van der Waals surface area contributed by atoms with E-state index >= 15 is 0 Å². The Morgan fingerprint density at radius 3 is 2.38 bits per heavy atom. The van der Waals surface area contributed by atoms with Crippen LogP contribution >= 0.6 is 0 Å². The summed E-state index contributed by atoms with van der Waals surface area (Å²) in [6.07, 6.45) is 1.50. The van der Waals surface area contributed by atoms with E-state index in [4.69, 9.17) is 15.5 Å². The van der Waals surface area contributed by atoms with Gasteiger partial charge < -0.3 is 20.4 Å². The molecule has 0 saturated heterocycles. The molecule has 1 amide bonds. The molecular formula is C28H35F3N4O2. The number of hydrogen-bond donors (Lipinski definition) is 2. The fourth-order valence-corrected chi connectivity index (χ4v) is 4.11. The molecule has 0 aliphatic rings. The quantitative estimate of drug-likeness (QED) is 0.368. The van der Waals surface area contributed by atoms with Crippen molar-refractivity contribution < 1.29 is 22.7 Å². The van der Waals surface area contributed by atoms with Gasteiger partial charge in [0.1, 0.15) is 30.2 Å². The molecule has 1 aromatic heterocycles. The van der Waals surface area contributed by atoms with Gasteiger partial charge in [-0.05, 0) is 48.1 Å². The van der Waals surface area contributed by atoms with Gasteiger partial charge in [0, 0.05) is 31.5 Å². The molecule has 3 rings (SSSR count). The third-order valence-corrected chi connectivity index (χ3v) is 6.16. The second kappa shape index (κ2) is 12.4. The van der Waals surface area contributed by atoms with Crippen molar-refractivity contribution in [2.24, 2.45) is 11.1 Å². The second-order valence-corrected chi connectivity index (χ2v) is 10.3. The maximum absolute atomic E-state index is 14.0. The molecule has 0 bridgehead atoms. The molecule has 0 aliphatic heterocycles. The molecule has 0 fully saturated rings. The zero-order chi connectivity index (χ0) is 27.2. The van der Waals surface area contributed by atoms with Crippen molar-refractivity contribution in [3.8, 4) is 11.3 Å². The highest BCUT2D eigenvalue weighted by Crippen LogP contribution is 2.34. The summed E-state index contributed by atoms with van der Waals surface area (Å²) in [6, 6.07) is 11.1. The first-order chi connectivity index (χ1) is 17.5. The summed E-state index contributed by atoms with van der Waals surface area (Å²) >= 11 is 0. The zero-order valence-corrected chi connectivity index (χ0v) is 21.7. The largest absolute Gasteiger partial charge is 0.372 e. The van der Waals surface area contributed by atoms with E-state index in [1.54, 1.807) is 30.5 Å². The Hall–Kier alpha value is -3.17. The summed E-state index contributed by atoms with van der Waals surface area (Å²) in [5.74, 6) is -0.603. The van der Waals surface area contributed by atoms with E-state index in [1.807, 2.05) is 25.3 Å². The van der Waals surface area contributed by atoms with E-state index in [0.29, 0.717) is 29.1 Å². The zero-order valence-electron chi connectivity index (χ0n) is 21.7. The number of nitrogens with two attached hydrogens (primary N) is 1. The first kappa shape index (κ1) is 28.4. The predicted octanol–water partition coefficient (Wildman–Crippen LogP) is 5.17. The molecule has 3 aromatic rings. The summed E-state index contributed by atoms with van der Waals surface area (Å²) in [6.45, 7) is 5.49. The highest BCUT2D eigenvalue weighted by molar-refractivity contribution is 5.81. The number of imidazole rings is 1. The molecule has 9 heteroatoms. The molecule has 0 spiro atoms. The van der Waals surface area contributed by atoms with Crippen LogP contribution < -0.4 is 11.1 Å². The van der Waals surface area contributed by atoms with E-state index in [1.165, 1.54) is 31.4 Å². The van der Waals surface area contributed by atoms with Gasteiger partial charge in [-0.2, -0.15) is 0 Å². The fourth-order valence-electron chi connectivity index (χ4n) is 4.11. The number of amides is 1. The number of methoxy groups -OCH3 is 1. The number of carbonyl (C=O) groups is 1. The number of alkyl halides is 1. The molecule has 3 N–H and O–H groups in total. The monoisotopic (exact) mass is 516 g/mol. The van der Waals surface area contributed by atoms with Crippen LogP contribution in [-0.4, -0.2) is 41.4 Å². The van der Waals surface area contributed by atoms with Crippen LogP contribution in [0.1, 0.15) is 51.0 Å². The van der Waals surface area contributed by atoms with Crippen molar-refractivity contribution in [1.29, 1.82) is 0 Å². The Bertz CT molecular complexity index is 1190. The Labute approximate surface area is 216 Å². The molecular weight excluding hydrogens is 481 g/mol. The lowest BCUT2D eigenvalue weighted by Gasteiger charge is -2.32. The molecule has 3 atom stereocenters. The Morgan fingerprint density at radius 1 is 1.11 bits per heavy atom. The van der Waals surface area contributed by atoms with Gasteiger partial charge >= 0.3 is 0 Å². The normalized spacial score (nSPS) is 14.3. The lowest BCUT2D eigenvalue weighted by molar-refractivity contribution is -0.133. The summed E-state index contributed by atoms with van der Waals surface area (Å²) in [5, 5.41) is 3.05. The van der Waals surface area contributed by atoms with E-state index in [2.05, 4.69) is 5.32 Å². The van der Waals surface area contributed by atoms with Gasteiger partial charge in [-0.25, -0.2) is 18.2 Å². The average molecular weight is 517 g/mol. The van der Waals surface area contributed by atoms with Crippen molar-refractivity contribution in [2.75, 3.05) is 13.8 Å². The van der Waals surface area contributed by atoms with Gasteiger partial charge in [0.15, 0.2) is 0 Å². The number of halogens is 3. The molecule has 0 radical (unpaired) electrons. The van der Waals surface area contributed by atoms with Gasteiger partial charge in [0.2, 0.25) is 5.91 Å². The van der Waals surface area contributed by atoms with Crippen LogP contribution in [0, 0.1) is 17.0 Å². The first-order valence-electron chi connectivity index (χ1n) is 12.2. The Morgan fingerprint density at radius 2 is 1.78 bits per heavy atom. The summed E-state index contributed by atoms with van der Waals surface area (Å²) < 4.78 is 47.9. The topological polar surface area (TPSA) is 82.2 Å². The SMILES string of the molecule is COC(CC[C@H](N)CF)C(=O)N[C@@H](c1nc(-c2cccc(F)c2)cn1Cc1cccc(F)c1)C(C)(C)C. The lowest BCUT2D eigenvalue weighted by Crippen LogP contribution is -2.44. The van der Waals surface area contributed by atoms with Crippen LogP contribution in [0.15, 0.2) is 54.7 Å². The number of nitrogens with zero attached hydrogens (tertiary/aromatic N) is 2. The maximum Gasteiger partial charge on any atom is 0.249 e. The molecule has 0 saturated carbocycles. The van der Waals surface area contributed by atoms with Gasteiger partial charge in [0.25, 0.3) is 0 Å². The number of ether oxygens (including phenoxy) is 1. The number of nitrogens with one attached hydrogen (secondary N) is 1. The van der Waals surface area contributed by atoms with Gasteiger partial charge in [-0.15, -0.1) is 0 Å². The minimum absolute atomic E-state index is 0.260. The van der Waals surface area contributed by atoms with Crippen molar-refractivity contribution in [1.82, 2.24) is 14.9 Å². The molecule has 1 heterocycles. The minimum atomic E-state index is -0.822. The van der Waals surface area contributed by atoms with Crippen LogP contribution in [0.3, 0.4) is 0 Å². The molecule has 2 aromatic carbocycles. The number of benzene rings is 2. The van der Waals surface area contributed by atoms with Crippen LogP contribution in [0.25, 0.3) is 11.3 Å². The molecule has 6 nitrogen and oxygen atoms in total. The van der Waals surface area contributed by atoms with Gasteiger partial charge in [-0.1, -0.05) is 45.0 Å². The van der Waals surface area contributed by atoms with Crippen LogP contribution in [0.2, 0.25) is 0 Å². The lowest BCUT2D eigenvalue weighted by atomic mass is 9.85. The summed E-state index contributed by atoms with van der Waals surface area (Å²) in [7, 11) is 1.42. The van der Waals surface area contributed by atoms with Gasteiger partial charge in [0.05, 0.1) is 11.7 Å². The number of aromatic nitrogens is 2. The predicted molar refractivity (Wildman–Crippen MR) is 137 cm³/mol. The third kappa shape index (κ3) is 7.66. The Kier molecular flexibility index (Phi) is 9.50. The fraction of sp³-hybridized carbons (Fsp3) is 0.429. The van der Waals surface area contributed by atoms with E-state index in [9.17, 15) is 18.0 Å². The van der Waals surface area contributed by atoms with Crippen molar-refractivity contribution in [3.05, 3.63) is 77.8 Å². The second-order valence-electron chi connectivity index (χ2n) is 10.3. The van der Waals surface area contributed by atoms with E-state index in [0.717, 1.165) is 0 Å². The first-order valence-corrected chi connectivity index (χ1v) is 12.2. The molecule has 1 unspecified atom stereocenters. The third-order valence-electron chi connectivity index (χ3n) is 6.16. The van der Waals surface area contributed by atoms with Gasteiger partial charge in [-0.3, -0.25) is 4.79 Å². The van der Waals surface area contributed by atoms with Crippen molar-refractivity contribution in [2.45, 2.75) is 58.3 Å². The summed E-state index contributed by atoms with van der Waals surface area (Å²) in [5.41, 5.74) is 6.99. The number of rotatable bonds is 11. The smallest absolute Gasteiger partial charge is 0.249 e. The van der Waals surface area contributed by atoms with E-state index < -0.39 is 36.1 Å². The number of hydrogen-bond acceptors (Lipinski definition) is 4. The van der Waals surface area contributed by atoms with E-state index in [-0.39, 0.29) is 24.7 Å². The minimum Gasteiger partial charge on any atom is -0.372 e. The van der Waals surface area contributed by atoms with Crippen LogP contribution in [0.5, 0.6) is 0 Å². The van der Waals surface area contributed by atoms with Crippen LogP contribution in [-0.2, 0) is 16.1 Å². The highest BCUT2D eigenvalue weighted by Gasteiger charge is 2.34. The molecule has 0 aliphatic carbocycles. The summed E-state index contributed by atoms with van der Waals surface area (Å²) in [4.78, 5) is 18.0. The molecule has 37 heavy (non-hydrogen) atoms. The molecule has 200 valence electrons. The average Bonchev–Trinajstić information content (AvgIpc) is 3.25. The number of carbonyl (C=O) groups excluding carboxylic acids is 1. The van der Waals surface area contributed by atoms with Crippen molar-refractivity contribution in [3.63, 3.8) is 0 Å². The standard InChI is InChI=1S/C28H35F3N4O2/c1-28(2,3)25(34-27(36)24(37-4)12-11-22(32)15-29)26-33-23(19-8-6-10-21(31)14-19)17-35(26)16-18-7-5-9-20(30)13-18/h5-10,13-14,17,22,24-25H,11-12,15-16,32H2,1-4H3,(H,34,36)/t22-,24?,25-/m0/s1. The maximum atomic E-state index is 14.0. The van der Waals surface area contributed by atoms with Crippen LogP contribution in [0.4, 0.5) is 13.2 Å². The van der Waals surface area contributed by atoms with Crippen molar-refractivity contribution >= 4 is 5.91 Å². The highest BCUT2D eigenvalue weighted by atomic mass is 19.1. The Balaban J connectivity index is 2.01.